The van der Waals surface area contributed by atoms with Crippen LogP contribution >= 0.6 is 0 Å². The Bertz CT molecular complexity index is 189. The van der Waals surface area contributed by atoms with Crippen molar-refractivity contribution >= 4 is 5.71 Å². The Hall–Kier alpha value is -1.05. The summed E-state index contributed by atoms with van der Waals surface area (Å²) in [6.07, 6.45) is 9.19. The van der Waals surface area contributed by atoms with E-state index >= 15 is 0 Å². The van der Waals surface area contributed by atoms with E-state index in [4.69, 9.17) is 5.84 Å². The standard InChI is InChI=1S/C8H12N2/c1-7-3-2-4-8(10-9)6-5-7/h2,4-7H,3,9H2,1H3/b10-8+. The van der Waals surface area contributed by atoms with Crippen LogP contribution in [0.5, 0.6) is 0 Å². The van der Waals surface area contributed by atoms with Gasteiger partial charge in [0, 0.05) is 0 Å². The molecule has 1 aliphatic carbocycles. The van der Waals surface area contributed by atoms with Crippen LogP contribution in [0.25, 0.3) is 0 Å². The fourth-order valence-electron chi connectivity index (χ4n) is 0.886. The lowest BCUT2D eigenvalue weighted by Crippen LogP contribution is -1.92. The number of allylic oxidation sites excluding steroid dienone is 4. The SMILES string of the molecule is CC1C=C/C(=N/N)C=CC1. The van der Waals surface area contributed by atoms with Crippen LogP contribution in [0.2, 0.25) is 0 Å². The summed E-state index contributed by atoms with van der Waals surface area (Å²) < 4.78 is 0. The van der Waals surface area contributed by atoms with Crippen LogP contribution in [0, 0.1) is 5.92 Å². The normalized spacial score (nSPS) is 28.9. The Kier molecular flexibility index (Phi) is 2.26. The van der Waals surface area contributed by atoms with Crippen LogP contribution in [0.3, 0.4) is 0 Å². The van der Waals surface area contributed by atoms with Crippen LogP contribution < -0.4 is 5.84 Å². The molecule has 54 valence electrons. The summed E-state index contributed by atoms with van der Waals surface area (Å²) >= 11 is 0. The molecule has 0 bridgehead atoms. The highest BCUT2D eigenvalue weighted by molar-refractivity contribution is 6.03. The zero-order chi connectivity index (χ0) is 7.40. The van der Waals surface area contributed by atoms with Crippen molar-refractivity contribution in [1.29, 1.82) is 0 Å². The summed E-state index contributed by atoms with van der Waals surface area (Å²) in [6, 6.07) is 0. The second-order valence-corrected chi connectivity index (χ2v) is 2.53. The third-order valence-corrected chi connectivity index (χ3v) is 1.54. The number of hydrogen-bond acceptors (Lipinski definition) is 2. The molecule has 1 rings (SSSR count). The fraction of sp³-hybridized carbons (Fsp3) is 0.375. The summed E-state index contributed by atoms with van der Waals surface area (Å²) in [7, 11) is 0. The average Bonchev–Trinajstić information content (AvgIpc) is 2.14. The Labute approximate surface area is 61.1 Å². The van der Waals surface area contributed by atoms with Crippen LogP contribution in [-0.4, -0.2) is 5.71 Å². The van der Waals surface area contributed by atoms with Crippen molar-refractivity contribution in [1.82, 2.24) is 0 Å². The van der Waals surface area contributed by atoms with E-state index < -0.39 is 0 Å². The molecule has 0 radical (unpaired) electrons. The lowest BCUT2D eigenvalue weighted by atomic mass is 10.1. The molecule has 1 unspecified atom stereocenters. The topological polar surface area (TPSA) is 38.4 Å². The lowest BCUT2D eigenvalue weighted by molar-refractivity contribution is 0.748. The maximum Gasteiger partial charge on any atom is 0.0820 e. The number of nitrogens with two attached hydrogens (primary N) is 1. The first-order chi connectivity index (χ1) is 4.83. The summed E-state index contributed by atoms with van der Waals surface area (Å²) in [4.78, 5) is 0. The van der Waals surface area contributed by atoms with Crippen molar-refractivity contribution in [3.63, 3.8) is 0 Å². The van der Waals surface area contributed by atoms with Gasteiger partial charge in [-0.3, -0.25) is 0 Å². The second-order valence-electron chi connectivity index (χ2n) is 2.53. The van der Waals surface area contributed by atoms with Crippen LogP contribution in [0.4, 0.5) is 0 Å². The van der Waals surface area contributed by atoms with Gasteiger partial charge < -0.3 is 5.84 Å². The fourth-order valence-corrected chi connectivity index (χ4v) is 0.886. The molecule has 0 saturated heterocycles. The first kappa shape index (κ1) is 7.06. The molecule has 2 nitrogen and oxygen atoms in total. The molecule has 0 fully saturated rings. The Morgan fingerprint density at radius 1 is 1.60 bits per heavy atom. The first-order valence-corrected chi connectivity index (χ1v) is 3.45. The third kappa shape index (κ3) is 1.72. The highest BCUT2D eigenvalue weighted by atomic mass is 15.1. The molecule has 0 spiro atoms. The summed E-state index contributed by atoms with van der Waals surface area (Å²) in [5.41, 5.74) is 0.851. The quantitative estimate of drug-likeness (QED) is 0.397. The van der Waals surface area contributed by atoms with E-state index in [9.17, 15) is 0 Å². The van der Waals surface area contributed by atoms with Crippen LogP contribution in [0.15, 0.2) is 29.4 Å². The highest BCUT2D eigenvalue weighted by Crippen LogP contribution is 2.08. The zero-order valence-corrected chi connectivity index (χ0v) is 6.12. The van der Waals surface area contributed by atoms with Gasteiger partial charge in [0.2, 0.25) is 0 Å². The maximum atomic E-state index is 5.10. The smallest absolute Gasteiger partial charge is 0.0820 e. The summed E-state index contributed by atoms with van der Waals surface area (Å²) in [5, 5.41) is 3.58. The number of rotatable bonds is 0. The van der Waals surface area contributed by atoms with Crippen molar-refractivity contribution < 1.29 is 0 Å². The van der Waals surface area contributed by atoms with Crippen molar-refractivity contribution in [3.05, 3.63) is 24.3 Å². The van der Waals surface area contributed by atoms with Crippen molar-refractivity contribution in [2.75, 3.05) is 0 Å². The highest BCUT2D eigenvalue weighted by Gasteiger charge is 1.98. The largest absolute Gasteiger partial charge is 0.323 e. The van der Waals surface area contributed by atoms with Gasteiger partial charge in [-0.1, -0.05) is 19.1 Å². The molecule has 0 aromatic carbocycles. The monoisotopic (exact) mass is 136 g/mol. The summed E-state index contributed by atoms with van der Waals surface area (Å²) in [5.74, 6) is 5.71. The van der Waals surface area contributed by atoms with Crippen LogP contribution in [-0.2, 0) is 0 Å². The lowest BCUT2D eigenvalue weighted by Gasteiger charge is -1.95. The predicted molar refractivity (Wildman–Crippen MR) is 43.7 cm³/mol. The van der Waals surface area contributed by atoms with Gasteiger partial charge in [0.05, 0.1) is 5.71 Å². The molecular formula is C8H12N2. The van der Waals surface area contributed by atoms with Crippen molar-refractivity contribution in [3.8, 4) is 0 Å². The van der Waals surface area contributed by atoms with Gasteiger partial charge in [0.25, 0.3) is 0 Å². The van der Waals surface area contributed by atoms with Gasteiger partial charge in [0.1, 0.15) is 0 Å². The van der Waals surface area contributed by atoms with E-state index in [1.807, 2.05) is 12.2 Å². The van der Waals surface area contributed by atoms with Gasteiger partial charge in [-0.15, -0.1) is 0 Å². The molecule has 10 heavy (non-hydrogen) atoms. The number of hydrazone groups is 1. The van der Waals surface area contributed by atoms with E-state index in [0.29, 0.717) is 5.92 Å². The molecule has 0 amide bonds. The second kappa shape index (κ2) is 3.20. The average molecular weight is 136 g/mol. The van der Waals surface area contributed by atoms with E-state index in [1.165, 1.54) is 0 Å². The minimum Gasteiger partial charge on any atom is -0.323 e. The molecule has 1 aliphatic rings. The minimum absolute atomic E-state index is 0.607. The maximum absolute atomic E-state index is 5.10. The van der Waals surface area contributed by atoms with E-state index in [-0.39, 0.29) is 0 Å². The molecule has 0 heterocycles. The van der Waals surface area contributed by atoms with Gasteiger partial charge >= 0.3 is 0 Å². The van der Waals surface area contributed by atoms with Gasteiger partial charge in [0.15, 0.2) is 0 Å². The molecule has 0 aromatic rings. The number of nitrogens with zero attached hydrogens (tertiary/aromatic N) is 1. The Morgan fingerprint density at radius 3 is 3.10 bits per heavy atom. The molecule has 2 N–H and O–H groups in total. The van der Waals surface area contributed by atoms with Gasteiger partial charge in [-0.2, -0.15) is 5.10 Å². The van der Waals surface area contributed by atoms with E-state index in [2.05, 4.69) is 24.2 Å². The third-order valence-electron chi connectivity index (χ3n) is 1.54. The van der Waals surface area contributed by atoms with Crippen molar-refractivity contribution in [2.45, 2.75) is 13.3 Å². The molecule has 0 aromatic heterocycles. The van der Waals surface area contributed by atoms with Gasteiger partial charge in [-0.25, -0.2) is 0 Å². The molecule has 1 atom stereocenters. The minimum atomic E-state index is 0.607. The van der Waals surface area contributed by atoms with E-state index in [1.54, 1.807) is 0 Å². The predicted octanol–water partition coefficient (Wildman–Crippen LogP) is 1.45. The molecular weight excluding hydrogens is 124 g/mol. The summed E-state index contributed by atoms with van der Waals surface area (Å²) in [6.45, 7) is 2.17. The van der Waals surface area contributed by atoms with Gasteiger partial charge in [-0.05, 0) is 24.5 Å². The van der Waals surface area contributed by atoms with E-state index in [0.717, 1.165) is 12.1 Å². The van der Waals surface area contributed by atoms with Crippen molar-refractivity contribution in [2.24, 2.45) is 16.9 Å². The molecule has 2 heteroatoms. The Morgan fingerprint density at radius 2 is 2.40 bits per heavy atom. The molecule has 0 aliphatic heterocycles. The first-order valence-electron chi connectivity index (χ1n) is 3.45. The van der Waals surface area contributed by atoms with Crippen LogP contribution in [0.1, 0.15) is 13.3 Å². The number of hydrogen-bond donors (Lipinski definition) is 1. The molecule has 0 saturated carbocycles. The Balaban J connectivity index is 2.74. The zero-order valence-electron chi connectivity index (χ0n) is 6.12.